The Morgan fingerprint density at radius 3 is 1.87 bits per heavy atom. The summed E-state index contributed by atoms with van der Waals surface area (Å²) in [6, 6.07) is 17.3. The van der Waals surface area contributed by atoms with Gasteiger partial charge in [-0.25, -0.2) is 0 Å². The smallest absolute Gasteiger partial charge is 0.0815 e. The van der Waals surface area contributed by atoms with Crippen molar-refractivity contribution in [1.82, 2.24) is 0 Å². The molecule has 2 aromatic carbocycles. The fourth-order valence-electron chi connectivity index (χ4n) is 3.16. The van der Waals surface area contributed by atoms with Gasteiger partial charge in [-0.15, -0.1) is 0 Å². The van der Waals surface area contributed by atoms with Crippen LogP contribution in [0.25, 0.3) is 5.57 Å². The Bertz CT molecular complexity index is 651. The quantitative estimate of drug-likeness (QED) is 0.613. The monoisotopic (exact) mass is 328 g/mol. The molecule has 0 aromatic heterocycles. The molecule has 0 saturated carbocycles. The zero-order valence-corrected chi connectivity index (χ0v) is 14.5. The Balaban J connectivity index is 0.00000192. The average Bonchev–Trinajstić information content (AvgIpc) is 2.64. The standard InChI is InChI=1S/C20H23NO.ClH/c1-21(2,22)15-7-12-20-18-10-5-3-8-16(18)13-14-17-9-4-6-11-19(17)20;/h3-6,8-12H,7,13-15H2,1-2H3;1H/p-1. The first kappa shape index (κ1) is 17.7. The van der Waals surface area contributed by atoms with Crippen LogP contribution in [0.15, 0.2) is 54.6 Å². The predicted octanol–water partition coefficient (Wildman–Crippen LogP) is 1.19. The molecule has 2 nitrogen and oxygen atoms in total. The van der Waals surface area contributed by atoms with Crippen molar-refractivity contribution in [1.29, 1.82) is 0 Å². The Labute approximate surface area is 145 Å². The summed E-state index contributed by atoms with van der Waals surface area (Å²) >= 11 is 0. The van der Waals surface area contributed by atoms with E-state index in [1.54, 1.807) is 14.1 Å². The van der Waals surface area contributed by atoms with Crippen molar-refractivity contribution in [3.63, 3.8) is 0 Å². The highest BCUT2D eigenvalue weighted by Gasteiger charge is 2.17. The van der Waals surface area contributed by atoms with Crippen LogP contribution in [0.1, 0.15) is 28.7 Å². The van der Waals surface area contributed by atoms with Crippen LogP contribution in [0.5, 0.6) is 0 Å². The van der Waals surface area contributed by atoms with E-state index < -0.39 is 0 Å². The van der Waals surface area contributed by atoms with Crippen LogP contribution < -0.4 is 12.4 Å². The van der Waals surface area contributed by atoms with Crippen LogP contribution in [0.2, 0.25) is 0 Å². The molecule has 0 aliphatic heterocycles. The molecule has 1 aliphatic rings. The zero-order chi connectivity index (χ0) is 15.6. The maximum Gasteiger partial charge on any atom is 0.0815 e. The molecular formula is C20H23ClNO-. The molecule has 0 saturated heterocycles. The summed E-state index contributed by atoms with van der Waals surface area (Å²) in [4.78, 5) is 0. The number of hydrogen-bond acceptors (Lipinski definition) is 1. The number of rotatable bonds is 3. The summed E-state index contributed by atoms with van der Waals surface area (Å²) in [5.74, 6) is 0. The van der Waals surface area contributed by atoms with E-state index in [-0.39, 0.29) is 17.1 Å². The predicted molar refractivity (Wildman–Crippen MR) is 92.3 cm³/mol. The topological polar surface area (TPSA) is 23.1 Å². The van der Waals surface area contributed by atoms with E-state index in [4.69, 9.17) is 0 Å². The molecule has 2 aromatic rings. The third kappa shape index (κ3) is 4.23. The summed E-state index contributed by atoms with van der Waals surface area (Å²) < 4.78 is -0.243. The lowest BCUT2D eigenvalue weighted by Crippen LogP contribution is -3.00. The fraction of sp³-hybridized carbons (Fsp3) is 0.300. The van der Waals surface area contributed by atoms with Crippen molar-refractivity contribution in [2.24, 2.45) is 0 Å². The molecule has 3 heteroatoms. The Morgan fingerprint density at radius 1 is 0.913 bits per heavy atom. The van der Waals surface area contributed by atoms with Crippen LogP contribution in [-0.4, -0.2) is 25.3 Å². The molecule has 0 amide bonds. The van der Waals surface area contributed by atoms with Gasteiger partial charge in [0.05, 0.1) is 20.6 Å². The van der Waals surface area contributed by atoms with Gasteiger partial charge in [0, 0.05) is 6.42 Å². The van der Waals surface area contributed by atoms with Gasteiger partial charge in [0.1, 0.15) is 0 Å². The number of halogens is 1. The summed E-state index contributed by atoms with van der Waals surface area (Å²) in [5, 5.41) is 11.8. The zero-order valence-electron chi connectivity index (χ0n) is 13.8. The Kier molecular flexibility index (Phi) is 5.64. The minimum absolute atomic E-state index is 0. The van der Waals surface area contributed by atoms with Gasteiger partial charge in [-0.1, -0.05) is 54.6 Å². The van der Waals surface area contributed by atoms with Crippen LogP contribution in [0.3, 0.4) is 0 Å². The second kappa shape index (κ2) is 7.31. The van der Waals surface area contributed by atoms with Gasteiger partial charge in [0.25, 0.3) is 0 Å². The molecule has 122 valence electrons. The number of fused-ring (bicyclic) bond motifs is 2. The number of nitrogens with zero attached hydrogens (tertiary/aromatic N) is 1. The van der Waals surface area contributed by atoms with Gasteiger partial charge >= 0.3 is 0 Å². The molecule has 0 N–H and O–H groups in total. The lowest BCUT2D eigenvalue weighted by atomic mass is 9.93. The largest absolute Gasteiger partial charge is 1.00 e. The Hall–Kier alpha value is -1.61. The van der Waals surface area contributed by atoms with E-state index in [9.17, 15) is 5.21 Å². The third-order valence-corrected chi connectivity index (χ3v) is 4.29. The second-order valence-corrected chi connectivity index (χ2v) is 6.52. The van der Waals surface area contributed by atoms with Gasteiger partial charge in [0.2, 0.25) is 0 Å². The first-order valence-electron chi connectivity index (χ1n) is 7.95. The SMILES string of the molecule is C[N+](C)([O-])CCC=C1c2ccccc2CCc2ccccc21.[Cl-]. The van der Waals surface area contributed by atoms with E-state index in [0.29, 0.717) is 6.54 Å². The molecule has 0 atom stereocenters. The van der Waals surface area contributed by atoms with Gasteiger partial charge in [-0.05, 0) is 40.7 Å². The molecule has 1 aliphatic carbocycles. The first-order valence-corrected chi connectivity index (χ1v) is 7.95. The summed E-state index contributed by atoms with van der Waals surface area (Å²) in [6.07, 6.45) is 5.21. The third-order valence-electron chi connectivity index (χ3n) is 4.29. The number of benzene rings is 2. The minimum atomic E-state index is -0.243. The van der Waals surface area contributed by atoms with E-state index >= 15 is 0 Å². The molecule has 0 fully saturated rings. The van der Waals surface area contributed by atoms with E-state index in [1.165, 1.54) is 27.8 Å². The normalized spacial score (nSPS) is 13.4. The van der Waals surface area contributed by atoms with Crippen LogP contribution >= 0.6 is 0 Å². The van der Waals surface area contributed by atoms with Crippen molar-refractivity contribution < 1.29 is 17.1 Å². The van der Waals surface area contributed by atoms with E-state index in [0.717, 1.165) is 19.3 Å². The molecule has 0 bridgehead atoms. The molecular weight excluding hydrogens is 306 g/mol. The molecule has 0 spiro atoms. The molecule has 0 radical (unpaired) electrons. The molecule has 0 heterocycles. The highest BCUT2D eigenvalue weighted by atomic mass is 35.5. The van der Waals surface area contributed by atoms with Gasteiger partial charge in [-0.3, -0.25) is 0 Å². The van der Waals surface area contributed by atoms with Crippen molar-refractivity contribution in [2.45, 2.75) is 19.3 Å². The highest BCUT2D eigenvalue weighted by molar-refractivity contribution is 5.83. The Morgan fingerprint density at radius 2 is 1.39 bits per heavy atom. The number of hydrogen-bond donors (Lipinski definition) is 0. The number of hydroxylamine groups is 3. The van der Waals surface area contributed by atoms with Crippen molar-refractivity contribution in [2.75, 3.05) is 20.6 Å². The maximum atomic E-state index is 11.8. The highest BCUT2D eigenvalue weighted by Crippen LogP contribution is 2.33. The summed E-state index contributed by atoms with van der Waals surface area (Å²) in [5.41, 5.74) is 6.74. The van der Waals surface area contributed by atoms with Crippen molar-refractivity contribution in [3.05, 3.63) is 82.1 Å². The fourth-order valence-corrected chi connectivity index (χ4v) is 3.16. The maximum absolute atomic E-state index is 11.8. The molecule has 0 unspecified atom stereocenters. The minimum Gasteiger partial charge on any atom is -1.00 e. The van der Waals surface area contributed by atoms with Crippen molar-refractivity contribution in [3.8, 4) is 0 Å². The number of quaternary nitrogens is 1. The summed E-state index contributed by atoms with van der Waals surface area (Å²) in [6.45, 7) is 0.605. The average molecular weight is 329 g/mol. The lowest BCUT2D eigenvalue weighted by molar-refractivity contribution is -0.839. The first-order chi connectivity index (χ1) is 10.5. The van der Waals surface area contributed by atoms with Crippen LogP contribution in [0.4, 0.5) is 0 Å². The van der Waals surface area contributed by atoms with Gasteiger partial charge < -0.3 is 22.3 Å². The van der Waals surface area contributed by atoms with E-state index in [2.05, 4.69) is 54.6 Å². The van der Waals surface area contributed by atoms with Crippen LogP contribution in [-0.2, 0) is 12.8 Å². The molecule has 23 heavy (non-hydrogen) atoms. The van der Waals surface area contributed by atoms with Gasteiger partial charge in [0.15, 0.2) is 0 Å². The van der Waals surface area contributed by atoms with E-state index in [1.807, 2.05) is 0 Å². The second-order valence-electron chi connectivity index (χ2n) is 6.52. The molecule has 3 rings (SSSR count). The van der Waals surface area contributed by atoms with Gasteiger partial charge in [-0.2, -0.15) is 0 Å². The van der Waals surface area contributed by atoms with Crippen molar-refractivity contribution >= 4 is 5.57 Å². The summed E-state index contributed by atoms with van der Waals surface area (Å²) in [7, 11) is 3.40. The number of aryl methyl sites for hydroxylation is 2. The lowest BCUT2D eigenvalue weighted by Gasteiger charge is -2.33. The van der Waals surface area contributed by atoms with Crippen LogP contribution in [0, 0.1) is 5.21 Å².